The van der Waals surface area contributed by atoms with Crippen molar-refractivity contribution in [1.29, 1.82) is 0 Å². The second kappa shape index (κ2) is 4.51. The lowest BCUT2D eigenvalue weighted by Crippen LogP contribution is -2.24. The Balaban J connectivity index is 1.82. The molecule has 0 bridgehead atoms. The Morgan fingerprint density at radius 3 is 2.88 bits per heavy atom. The number of carbonyl (C=O) groups excluding carboxylic acids is 1. The van der Waals surface area contributed by atoms with E-state index in [0.717, 1.165) is 12.0 Å². The Hall–Kier alpha value is -1.58. The maximum absolute atomic E-state index is 11.6. The summed E-state index contributed by atoms with van der Waals surface area (Å²) >= 11 is 0. The first-order valence-electron chi connectivity index (χ1n) is 5.47. The van der Waals surface area contributed by atoms with Crippen LogP contribution < -0.4 is 10.1 Å². The van der Waals surface area contributed by atoms with E-state index in [0.29, 0.717) is 18.3 Å². The van der Waals surface area contributed by atoms with Gasteiger partial charge in [0, 0.05) is 24.7 Å². The first-order valence-corrected chi connectivity index (χ1v) is 5.47. The van der Waals surface area contributed by atoms with Crippen LogP contribution in [0.5, 0.6) is 5.88 Å². The van der Waals surface area contributed by atoms with Crippen LogP contribution in [0.3, 0.4) is 0 Å². The van der Waals surface area contributed by atoms with Crippen molar-refractivity contribution in [3.63, 3.8) is 0 Å². The number of hydrogen-bond acceptors (Lipinski definition) is 3. The van der Waals surface area contributed by atoms with Crippen LogP contribution in [0.1, 0.15) is 18.9 Å². The number of hydrogen-bond donors (Lipinski definition) is 1. The Kier molecular flexibility index (Phi) is 3.08. The lowest BCUT2D eigenvalue weighted by Gasteiger charge is -2.05. The molecule has 0 aliphatic heterocycles. The molecule has 1 amide bonds. The van der Waals surface area contributed by atoms with Crippen molar-refractivity contribution < 1.29 is 9.53 Å². The number of rotatable bonds is 4. The van der Waals surface area contributed by atoms with E-state index < -0.39 is 0 Å². The standard InChI is InChI=1S/C12H16N2O2/c1-8-5-10(8)12(15)14-7-9-3-4-11(16-2)13-6-9/h3-4,6,8,10H,5,7H2,1-2H3,(H,14,15). The molecule has 0 spiro atoms. The molecule has 4 nitrogen and oxygen atoms in total. The van der Waals surface area contributed by atoms with Crippen LogP contribution in [0, 0.1) is 11.8 Å². The number of carbonyl (C=O) groups is 1. The van der Waals surface area contributed by atoms with Crippen LogP contribution in [0.2, 0.25) is 0 Å². The molecular formula is C12H16N2O2. The molecule has 1 aliphatic rings. The molecule has 1 aromatic heterocycles. The first kappa shape index (κ1) is 10.9. The molecular weight excluding hydrogens is 204 g/mol. The predicted octanol–water partition coefficient (Wildman–Crippen LogP) is 1.36. The minimum atomic E-state index is 0.156. The highest BCUT2D eigenvalue weighted by atomic mass is 16.5. The molecule has 2 rings (SSSR count). The fraction of sp³-hybridized carbons (Fsp3) is 0.500. The Morgan fingerprint density at radius 1 is 1.62 bits per heavy atom. The predicted molar refractivity (Wildman–Crippen MR) is 59.9 cm³/mol. The lowest BCUT2D eigenvalue weighted by atomic mass is 10.2. The van der Waals surface area contributed by atoms with Crippen molar-refractivity contribution in [1.82, 2.24) is 10.3 Å². The third kappa shape index (κ3) is 2.51. The number of pyridine rings is 1. The van der Waals surface area contributed by atoms with Gasteiger partial charge in [0.05, 0.1) is 7.11 Å². The summed E-state index contributed by atoms with van der Waals surface area (Å²) < 4.78 is 4.96. The van der Waals surface area contributed by atoms with Crippen LogP contribution in [0.25, 0.3) is 0 Å². The molecule has 1 aromatic rings. The fourth-order valence-electron chi connectivity index (χ4n) is 1.64. The molecule has 0 radical (unpaired) electrons. The molecule has 1 N–H and O–H groups in total. The van der Waals surface area contributed by atoms with E-state index in [2.05, 4.69) is 17.2 Å². The van der Waals surface area contributed by atoms with Crippen molar-refractivity contribution in [2.75, 3.05) is 7.11 Å². The van der Waals surface area contributed by atoms with Crippen LogP contribution in [-0.4, -0.2) is 18.0 Å². The number of amides is 1. The van der Waals surface area contributed by atoms with Gasteiger partial charge in [-0.3, -0.25) is 4.79 Å². The highest BCUT2D eigenvalue weighted by Crippen LogP contribution is 2.37. The summed E-state index contributed by atoms with van der Waals surface area (Å²) in [6, 6.07) is 3.70. The number of ether oxygens (including phenoxy) is 1. The van der Waals surface area contributed by atoms with E-state index in [-0.39, 0.29) is 11.8 Å². The molecule has 1 aliphatic carbocycles. The minimum absolute atomic E-state index is 0.156. The molecule has 2 atom stereocenters. The van der Waals surface area contributed by atoms with Gasteiger partial charge >= 0.3 is 0 Å². The Bertz CT molecular complexity index is 375. The zero-order chi connectivity index (χ0) is 11.5. The fourth-order valence-corrected chi connectivity index (χ4v) is 1.64. The smallest absolute Gasteiger partial charge is 0.223 e. The van der Waals surface area contributed by atoms with Gasteiger partial charge in [0.15, 0.2) is 0 Å². The third-order valence-corrected chi connectivity index (χ3v) is 2.92. The largest absolute Gasteiger partial charge is 0.481 e. The monoisotopic (exact) mass is 220 g/mol. The molecule has 16 heavy (non-hydrogen) atoms. The molecule has 2 unspecified atom stereocenters. The van der Waals surface area contributed by atoms with E-state index in [1.54, 1.807) is 19.4 Å². The van der Waals surface area contributed by atoms with Crippen molar-refractivity contribution in [2.24, 2.45) is 11.8 Å². The number of nitrogens with zero attached hydrogens (tertiary/aromatic N) is 1. The third-order valence-electron chi connectivity index (χ3n) is 2.92. The highest BCUT2D eigenvalue weighted by molar-refractivity contribution is 5.81. The SMILES string of the molecule is COc1ccc(CNC(=O)C2CC2C)cn1. The lowest BCUT2D eigenvalue weighted by molar-refractivity contribution is -0.122. The molecule has 0 aromatic carbocycles. The Labute approximate surface area is 95.0 Å². The molecule has 4 heteroatoms. The van der Waals surface area contributed by atoms with Crippen LogP contribution in [0.4, 0.5) is 0 Å². The zero-order valence-electron chi connectivity index (χ0n) is 9.56. The summed E-state index contributed by atoms with van der Waals surface area (Å²) in [5, 5.41) is 2.91. The molecule has 1 fully saturated rings. The molecule has 86 valence electrons. The van der Waals surface area contributed by atoms with Crippen LogP contribution in [-0.2, 0) is 11.3 Å². The van der Waals surface area contributed by atoms with Gasteiger partial charge in [-0.2, -0.15) is 0 Å². The van der Waals surface area contributed by atoms with Gasteiger partial charge in [0.1, 0.15) is 0 Å². The summed E-state index contributed by atoms with van der Waals surface area (Å²) in [6.45, 7) is 2.64. The minimum Gasteiger partial charge on any atom is -0.481 e. The quantitative estimate of drug-likeness (QED) is 0.833. The van der Waals surface area contributed by atoms with E-state index in [9.17, 15) is 4.79 Å². The van der Waals surface area contributed by atoms with E-state index in [1.165, 1.54) is 0 Å². The van der Waals surface area contributed by atoms with Gasteiger partial charge in [0.2, 0.25) is 11.8 Å². The summed E-state index contributed by atoms with van der Waals surface area (Å²) in [4.78, 5) is 15.6. The van der Waals surface area contributed by atoms with Gasteiger partial charge < -0.3 is 10.1 Å². The van der Waals surface area contributed by atoms with E-state index in [1.807, 2.05) is 6.07 Å². The van der Waals surface area contributed by atoms with Gasteiger partial charge in [0.25, 0.3) is 0 Å². The van der Waals surface area contributed by atoms with Gasteiger partial charge in [-0.15, -0.1) is 0 Å². The summed E-state index contributed by atoms with van der Waals surface area (Å²) in [5.74, 6) is 1.52. The maximum atomic E-state index is 11.6. The van der Waals surface area contributed by atoms with E-state index >= 15 is 0 Å². The van der Waals surface area contributed by atoms with Gasteiger partial charge in [-0.05, 0) is 17.9 Å². The average molecular weight is 220 g/mol. The Morgan fingerprint density at radius 2 is 2.38 bits per heavy atom. The second-order valence-electron chi connectivity index (χ2n) is 4.25. The van der Waals surface area contributed by atoms with Crippen molar-refractivity contribution >= 4 is 5.91 Å². The molecule has 1 saturated carbocycles. The van der Waals surface area contributed by atoms with Gasteiger partial charge in [-0.1, -0.05) is 13.0 Å². The molecule has 1 heterocycles. The van der Waals surface area contributed by atoms with Crippen molar-refractivity contribution in [2.45, 2.75) is 19.9 Å². The van der Waals surface area contributed by atoms with Crippen molar-refractivity contribution in [3.05, 3.63) is 23.9 Å². The van der Waals surface area contributed by atoms with Crippen LogP contribution >= 0.6 is 0 Å². The normalized spacial score (nSPS) is 22.6. The summed E-state index contributed by atoms with van der Waals surface area (Å²) in [7, 11) is 1.58. The topological polar surface area (TPSA) is 51.2 Å². The van der Waals surface area contributed by atoms with Gasteiger partial charge in [-0.25, -0.2) is 4.98 Å². The number of methoxy groups -OCH3 is 1. The highest BCUT2D eigenvalue weighted by Gasteiger charge is 2.38. The first-order chi connectivity index (χ1) is 7.70. The van der Waals surface area contributed by atoms with Crippen molar-refractivity contribution in [3.8, 4) is 5.88 Å². The maximum Gasteiger partial charge on any atom is 0.223 e. The zero-order valence-corrected chi connectivity index (χ0v) is 9.56. The second-order valence-corrected chi connectivity index (χ2v) is 4.25. The molecule has 0 saturated heterocycles. The number of nitrogens with one attached hydrogen (secondary N) is 1. The van der Waals surface area contributed by atoms with Crippen LogP contribution in [0.15, 0.2) is 18.3 Å². The number of aromatic nitrogens is 1. The summed E-state index contributed by atoms with van der Waals surface area (Å²) in [6.07, 6.45) is 2.74. The average Bonchev–Trinajstić information content (AvgIpc) is 3.04. The summed E-state index contributed by atoms with van der Waals surface area (Å²) in [5.41, 5.74) is 0.988. The van der Waals surface area contributed by atoms with E-state index in [4.69, 9.17) is 4.74 Å².